The fourth-order valence-electron chi connectivity index (χ4n) is 1.33. The van der Waals surface area contributed by atoms with E-state index in [1.165, 1.54) is 6.07 Å². The smallest absolute Gasteiger partial charge is 0.235 e. The number of rotatable bonds is 4. The van der Waals surface area contributed by atoms with Gasteiger partial charge in [-0.1, -0.05) is 12.1 Å². The van der Waals surface area contributed by atoms with Gasteiger partial charge in [0.1, 0.15) is 11.6 Å². The van der Waals surface area contributed by atoms with Crippen LogP contribution in [0.2, 0.25) is 0 Å². The normalized spacial score (nSPS) is 10.2. The minimum Gasteiger partial charge on any atom is -0.310 e. The van der Waals surface area contributed by atoms with Gasteiger partial charge in [-0.25, -0.2) is 9.37 Å². The third-order valence-corrected chi connectivity index (χ3v) is 3.71. The number of carbonyl (C=O) groups is 1. The van der Waals surface area contributed by atoms with E-state index in [0.717, 1.165) is 16.2 Å². The van der Waals surface area contributed by atoms with E-state index in [1.54, 1.807) is 36.5 Å². The van der Waals surface area contributed by atoms with Crippen molar-refractivity contribution >= 4 is 39.4 Å². The Morgan fingerprint density at radius 1 is 1.32 bits per heavy atom. The predicted molar refractivity (Wildman–Crippen MR) is 77.7 cm³/mol. The summed E-state index contributed by atoms with van der Waals surface area (Å²) < 4.78 is 14.2. The highest BCUT2D eigenvalue weighted by molar-refractivity contribution is 9.10. The minimum absolute atomic E-state index is 0.138. The average Bonchev–Trinajstić information content (AvgIpc) is 2.40. The molecule has 0 aliphatic rings. The zero-order valence-electron chi connectivity index (χ0n) is 9.77. The van der Waals surface area contributed by atoms with Gasteiger partial charge in [-0.3, -0.25) is 4.79 Å². The van der Waals surface area contributed by atoms with Crippen molar-refractivity contribution in [1.29, 1.82) is 0 Å². The van der Waals surface area contributed by atoms with Crippen LogP contribution in [0.1, 0.15) is 0 Å². The van der Waals surface area contributed by atoms with E-state index in [-0.39, 0.29) is 17.5 Å². The molecule has 0 saturated heterocycles. The fraction of sp³-hybridized carbons (Fsp3) is 0.0769. The second-order valence-electron chi connectivity index (χ2n) is 3.63. The number of amides is 1. The summed E-state index contributed by atoms with van der Waals surface area (Å²) in [7, 11) is 0. The predicted octanol–water partition coefficient (Wildman–Crippen LogP) is 3.71. The summed E-state index contributed by atoms with van der Waals surface area (Å²) in [5.41, 5.74) is 0. The van der Waals surface area contributed by atoms with Crippen molar-refractivity contribution in [2.75, 3.05) is 11.1 Å². The van der Waals surface area contributed by atoms with E-state index in [9.17, 15) is 9.18 Å². The van der Waals surface area contributed by atoms with Gasteiger partial charge >= 0.3 is 0 Å². The first-order chi connectivity index (χ1) is 9.15. The number of nitrogens with zero attached hydrogens (tertiary/aromatic N) is 1. The Labute approximate surface area is 122 Å². The van der Waals surface area contributed by atoms with Crippen molar-refractivity contribution in [3.8, 4) is 0 Å². The molecule has 0 radical (unpaired) electrons. The molecule has 2 rings (SSSR count). The number of benzene rings is 1. The van der Waals surface area contributed by atoms with Crippen LogP contribution >= 0.6 is 27.7 Å². The Morgan fingerprint density at radius 3 is 2.79 bits per heavy atom. The van der Waals surface area contributed by atoms with Crippen molar-refractivity contribution in [1.82, 2.24) is 4.98 Å². The van der Waals surface area contributed by atoms with Crippen molar-refractivity contribution in [3.05, 3.63) is 52.9 Å². The zero-order valence-corrected chi connectivity index (χ0v) is 12.2. The first-order valence-corrected chi connectivity index (χ1v) is 7.22. The molecule has 19 heavy (non-hydrogen) atoms. The molecular weight excluding hydrogens is 331 g/mol. The molecule has 0 spiro atoms. The Morgan fingerprint density at radius 2 is 2.11 bits per heavy atom. The summed E-state index contributed by atoms with van der Waals surface area (Å²) in [5.74, 6) is 0.0751. The van der Waals surface area contributed by atoms with Gasteiger partial charge in [0.05, 0.1) is 5.75 Å². The molecule has 0 aliphatic carbocycles. The lowest BCUT2D eigenvalue weighted by atomic mass is 10.3. The van der Waals surface area contributed by atoms with E-state index in [4.69, 9.17) is 0 Å². The van der Waals surface area contributed by atoms with E-state index in [2.05, 4.69) is 26.2 Å². The molecule has 2 aromatic rings. The number of halogens is 2. The number of hydrogen-bond acceptors (Lipinski definition) is 3. The van der Waals surface area contributed by atoms with E-state index in [0.29, 0.717) is 10.7 Å². The lowest BCUT2D eigenvalue weighted by Crippen LogP contribution is -2.14. The molecule has 0 saturated carbocycles. The number of thioether (sulfide) groups is 1. The first kappa shape index (κ1) is 14.0. The maximum Gasteiger partial charge on any atom is 0.235 e. The molecular formula is C13H10BrFN2OS. The average molecular weight is 341 g/mol. The Balaban J connectivity index is 1.88. The van der Waals surface area contributed by atoms with Gasteiger partial charge in [-0.2, -0.15) is 0 Å². The van der Waals surface area contributed by atoms with E-state index >= 15 is 0 Å². The van der Waals surface area contributed by atoms with E-state index in [1.807, 2.05) is 0 Å². The van der Waals surface area contributed by atoms with Crippen LogP contribution in [-0.2, 0) is 4.79 Å². The molecule has 0 bridgehead atoms. The first-order valence-electron chi connectivity index (χ1n) is 5.44. The second-order valence-corrected chi connectivity index (χ2v) is 5.56. The standard InChI is InChI=1S/C13H10BrFN2OS/c14-9-5-6-12(16-7-9)17-13(18)8-19-11-4-2-1-3-10(11)15/h1-7H,8H2,(H,16,17,18). The van der Waals surface area contributed by atoms with Crippen LogP contribution in [0.3, 0.4) is 0 Å². The summed E-state index contributed by atoms with van der Waals surface area (Å²) >= 11 is 4.41. The SMILES string of the molecule is O=C(CSc1ccccc1F)Nc1ccc(Br)cn1. The van der Waals surface area contributed by atoms with Crippen LogP contribution < -0.4 is 5.32 Å². The maximum absolute atomic E-state index is 13.3. The van der Waals surface area contributed by atoms with Crippen LogP contribution in [0, 0.1) is 5.82 Å². The molecule has 0 unspecified atom stereocenters. The summed E-state index contributed by atoms with van der Waals surface area (Å²) in [6.45, 7) is 0. The van der Waals surface area contributed by atoms with Gasteiger partial charge in [0, 0.05) is 15.6 Å². The highest BCUT2D eigenvalue weighted by atomic mass is 79.9. The van der Waals surface area contributed by atoms with Crippen LogP contribution in [0.4, 0.5) is 10.2 Å². The van der Waals surface area contributed by atoms with Gasteiger partial charge < -0.3 is 5.32 Å². The Hall–Kier alpha value is -1.40. The third kappa shape index (κ3) is 4.33. The topological polar surface area (TPSA) is 42.0 Å². The number of carbonyl (C=O) groups excluding carboxylic acids is 1. The van der Waals surface area contributed by atoms with Crippen LogP contribution in [0.25, 0.3) is 0 Å². The second kappa shape index (κ2) is 6.68. The minimum atomic E-state index is -0.318. The molecule has 1 N–H and O–H groups in total. The molecule has 0 fully saturated rings. The Kier molecular flexibility index (Phi) is 4.93. The van der Waals surface area contributed by atoms with Gasteiger partial charge in [0.15, 0.2) is 0 Å². The van der Waals surface area contributed by atoms with Gasteiger partial charge in [-0.05, 0) is 40.2 Å². The molecule has 1 aromatic carbocycles. The summed E-state index contributed by atoms with van der Waals surface area (Å²) in [5, 5.41) is 2.64. The lowest BCUT2D eigenvalue weighted by Gasteiger charge is -2.05. The summed E-state index contributed by atoms with van der Waals surface area (Å²) in [4.78, 5) is 16.2. The molecule has 98 valence electrons. The number of hydrogen-bond donors (Lipinski definition) is 1. The molecule has 1 heterocycles. The quantitative estimate of drug-likeness (QED) is 0.862. The molecule has 3 nitrogen and oxygen atoms in total. The molecule has 0 atom stereocenters. The number of aromatic nitrogens is 1. The van der Waals surface area contributed by atoms with Crippen molar-refractivity contribution < 1.29 is 9.18 Å². The van der Waals surface area contributed by atoms with Gasteiger partial charge in [0.2, 0.25) is 5.91 Å². The number of nitrogens with one attached hydrogen (secondary N) is 1. The van der Waals surface area contributed by atoms with Crippen LogP contribution in [-0.4, -0.2) is 16.6 Å². The molecule has 1 amide bonds. The van der Waals surface area contributed by atoms with Crippen LogP contribution in [0.5, 0.6) is 0 Å². The van der Waals surface area contributed by atoms with Crippen molar-refractivity contribution in [2.45, 2.75) is 4.90 Å². The largest absolute Gasteiger partial charge is 0.310 e. The molecule has 6 heteroatoms. The van der Waals surface area contributed by atoms with Gasteiger partial charge in [0.25, 0.3) is 0 Å². The third-order valence-electron chi connectivity index (χ3n) is 2.19. The Bertz CT molecular complexity index is 577. The highest BCUT2D eigenvalue weighted by Gasteiger charge is 2.07. The van der Waals surface area contributed by atoms with Crippen molar-refractivity contribution in [2.24, 2.45) is 0 Å². The summed E-state index contributed by atoms with van der Waals surface area (Å²) in [6.07, 6.45) is 1.60. The summed E-state index contributed by atoms with van der Waals surface area (Å²) in [6, 6.07) is 9.84. The zero-order chi connectivity index (χ0) is 13.7. The number of anilines is 1. The molecule has 1 aromatic heterocycles. The monoisotopic (exact) mass is 340 g/mol. The maximum atomic E-state index is 13.3. The highest BCUT2D eigenvalue weighted by Crippen LogP contribution is 2.21. The number of pyridine rings is 1. The fourth-order valence-corrected chi connectivity index (χ4v) is 2.31. The van der Waals surface area contributed by atoms with Gasteiger partial charge in [-0.15, -0.1) is 11.8 Å². The van der Waals surface area contributed by atoms with E-state index < -0.39 is 0 Å². The lowest BCUT2D eigenvalue weighted by molar-refractivity contribution is -0.113. The van der Waals surface area contributed by atoms with Crippen molar-refractivity contribution in [3.63, 3.8) is 0 Å². The van der Waals surface area contributed by atoms with Crippen LogP contribution in [0.15, 0.2) is 52.0 Å². The molecule has 0 aliphatic heterocycles.